The molecule has 3 aromatic heterocycles. The Morgan fingerprint density at radius 3 is 2.91 bits per heavy atom. The van der Waals surface area contributed by atoms with Crippen LogP contribution in [-0.4, -0.2) is 76.8 Å². The SMILES string of the molecule is COCCOc1nsc(NC(=O)N2CC3CC(N(C)c4c(C#N)cnc5[nH]ccc45)CC3C2)n1. The van der Waals surface area contributed by atoms with E-state index in [-0.39, 0.29) is 12.0 Å². The molecule has 34 heavy (non-hydrogen) atoms. The fraction of sp³-hybridized carbons (Fsp3) is 0.500. The number of rotatable bonds is 7. The maximum absolute atomic E-state index is 12.8. The number of H-pyrrole nitrogens is 1. The number of likely N-dealkylation sites (tertiary alicyclic amines) is 1. The molecule has 178 valence electrons. The van der Waals surface area contributed by atoms with Crippen LogP contribution in [0.1, 0.15) is 18.4 Å². The summed E-state index contributed by atoms with van der Waals surface area (Å²) in [6, 6.07) is 4.65. The highest BCUT2D eigenvalue weighted by Gasteiger charge is 2.44. The molecule has 1 aliphatic heterocycles. The van der Waals surface area contributed by atoms with E-state index >= 15 is 0 Å². The first-order valence-electron chi connectivity index (χ1n) is 11.2. The van der Waals surface area contributed by atoms with Gasteiger partial charge in [0.2, 0.25) is 5.13 Å². The van der Waals surface area contributed by atoms with Crippen LogP contribution in [0.25, 0.3) is 11.0 Å². The summed E-state index contributed by atoms with van der Waals surface area (Å²) in [5.41, 5.74) is 2.29. The number of fused-ring (bicyclic) bond motifs is 2. The molecule has 2 atom stereocenters. The first-order chi connectivity index (χ1) is 16.6. The van der Waals surface area contributed by atoms with Crippen LogP contribution in [0.3, 0.4) is 0 Å². The largest absolute Gasteiger partial charge is 0.460 e. The van der Waals surface area contributed by atoms with Gasteiger partial charge in [-0.05, 0) is 30.7 Å². The van der Waals surface area contributed by atoms with Crippen LogP contribution in [0, 0.1) is 23.2 Å². The summed E-state index contributed by atoms with van der Waals surface area (Å²) < 4.78 is 14.4. The van der Waals surface area contributed by atoms with E-state index in [4.69, 9.17) is 9.47 Å². The number of ether oxygens (including phenoxy) is 2. The summed E-state index contributed by atoms with van der Waals surface area (Å²) in [5, 5.41) is 13.9. The summed E-state index contributed by atoms with van der Waals surface area (Å²) in [4.78, 5) is 28.5. The lowest BCUT2D eigenvalue weighted by atomic mass is 10.0. The number of nitriles is 1. The van der Waals surface area contributed by atoms with Gasteiger partial charge in [0.1, 0.15) is 18.3 Å². The van der Waals surface area contributed by atoms with Crippen LogP contribution in [0.15, 0.2) is 18.5 Å². The minimum absolute atomic E-state index is 0.158. The van der Waals surface area contributed by atoms with Gasteiger partial charge in [0.15, 0.2) is 0 Å². The molecule has 2 amide bonds. The summed E-state index contributed by atoms with van der Waals surface area (Å²) in [5.74, 6) is 0.851. The van der Waals surface area contributed by atoms with Crippen molar-refractivity contribution in [2.24, 2.45) is 11.8 Å². The molecule has 1 aliphatic carbocycles. The number of carbonyl (C=O) groups is 1. The second-order valence-corrected chi connectivity index (χ2v) is 9.44. The number of nitrogens with one attached hydrogen (secondary N) is 2. The average Bonchev–Trinajstić information content (AvgIpc) is 3.61. The van der Waals surface area contributed by atoms with E-state index in [0.717, 1.165) is 41.1 Å². The second-order valence-electron chi connectivity index (χ2n) is 8.69. The van der Waals surface area contributed by atoms with E-state index < -0.39 is 0 Å². The molecule has 4 heterocycles. The second kappa shape index (κ2) is 9.44. The van der Waals surface area contributed by atoms with E-state index in [0.29, 0.717) is 54.9 Å². The quantitative estimate of drug-likeness (QED) is 0.491. The van der Waals surface area contributed by atoms with Crippen molar-refractivity contribution in [2.75, 3.05) is 50.7 Å². The number of hydrogen-bond donors (Lipinski definition) is 2. The minimum Gasteiger partial charge on any atom is -0.460 e. The fourth-order valence-corrected chi connectivity index (χ4v) is 5.60. The molecule has 2 aliphatic rings. The number of aromatic nitrogens is 4. The van der Waals surface area contributed by atoms with Gasteiger partial charge in [-0.3, -0.25) is 5.32 Å². The van der Waals surface area contributed by atoms with Gasteiger partial charge in [0, 0.05) is 62.6 Å². The van der Waals surface area contributed by atoms with Crippen molar-refractivity contribution in [1.29, 1.82) is 5.26 Å². The fourth-order valence-electron chi connectivity index (χ4n) is 5.09. The number of methoxy groups -OCH3 is 1. The number of amides is 2. The summed E-state index contributed by atoms with van der Waals surface area (Å²) >= 11 is 1.10. The van der Waals surface area contributed by atoms with E-state index in [1.807, 2.05) is 17.2 Å². The third kappa shape index (κ3) is 4.24. The minimum atomic E-state index is -0.158. The van der Waals surface area contributed by atoms with Gasteiger partial charge in [-0.2, -0.15) is 10.2 Å². The summed E-state index contributed by atoms with van der Waals surface area (Å²) in [7, 11) is 3.65. The van der Waals surface area contributed by atoms with E-state index in [9.17, 15) is 10.1 Å². The Kier molecular flexibility index (Phi) is 6.21. The molecule has 1 saturated carbocycles. The van der Waals surface area contributed by atoms with Crippen LogP contribution < -0.4 is 15.0 Å². The normalized spacial score (nSPS) is 21.4. The zero-order valence-corrected chi connectivity index (χ0v) is 19.8. The zero-order valence-electron chi connectivity index (χ0n) is 19.0. The molecule has 2 N–H and O–H groups in total. The summed E-state index contributed by atoms with van der Waals surface area (Å²) in [6.07, 6.45) is 5.43. The zero-order chi connectivity index (χ0) is 23.7. The first-order valence-corrected chi connectivity index (χ1v) is 11.9. The standard InChI is InChI=1S/C22H26N8O3S/c1-29(18-15(9-23)10-25-19-17(18)3-4-24-19)16-7-13-11-30(12-14(13)8-16)22(31)27-21-26-20(28-34-21)33-6-5-32-2/h3-4,10,13-14,16H,5-8,11-12H2,1-2H3,(H,24,25)(H,26,27,28,31). The molecule has 12 heteroatoms. The molecule has 5 rings (SSSR count). The van der Waals surface area contributed by atoms with Crippen LogP contribution in [0.5, 0.6) is 6.01 Å². The first kappa shape index (κ1) is 22.4. The van der Waals surface area contributed by atoms with Crippen LogP contribution in [0.2, 0.25) is 0 Å². The van der Waals surface area contributed by atoms with Crippen LogP contribution >= 0.6 is 11.5 Å². The van der Waals surface area contributed by atoms with Crippen molar-refractivity contribution in [3.8, 4) is 12.1 Å². The molecule has 0 radical (unpaired) electrons. The van der Waals surface area contributed by atoms with Crippen molar-refractivity contribution < 1.29 is 14.3 Å². The Bertz CT molecular complexity index is 1210. The highest BCUT2D eigenvalue weighted by Crippen LogP contribution is 2.42. The van der Waals surface area contributed by atoms with Crippen LogP contribution in [0.4, 0.5) is 15.6 Å². The topological polar surface area (TPSA) is 132 Å². The lowest BCUT2D eigenvalue weighted by molar-refractivity contribution is 0.141. The molecule has 2 unspecified atom stereocenters. The molecular formula is C22H26N8O3S. The molecule has 3 aromatic rings. The summed E-state index contributed by atoms with van der Waals surface area (Å²) in [6.45, 7) is 2.22. The Morgan fingerprint density at radius 2 is 2.18 bits per heavy atom. The Morgan fingerprint density at radius 1 is 1.38 bits per heavy atom. The predicted octanol–water partition coefficient (Wildman–Crippen LogP) is 2.69. The third-order valence-electron chi connectivity index (χ3n) is 6.73. The highest BCUT2D eigenvalue weighted by atomic mass is 32.1. The van der Waals surface area contributed by atoms with Gasteiger partial charge in [-0.25, -0.2) is 9.78 Å². The number of carbonyl (C=O) groups excluding carboxylic acids is 1. The lowest BCUT2D eigenvalue weighted by Gasteiger charge is -2.29. The molecular weight excluding hydrogens is 456 g/mol. The highest BCUT2D eigenvalue weighted by molar-refractivity contribution is 7.10. The van der Waals surface area contributed by atoms with E-state index in [1.54, 1.807) is 13.3 Å². The Hall–Kier alpha value is -3.43. The van der Waals surface area contributed by atoms with Gasteiger partial charge in [-0.1, -0.05) is 0 Å². The van der Waals surface area contributed by atoms with Crippen molar-refractivity contribution in [3.63, 3.8) is 0 Å². The maximum Gasteiger partial charge on any atom is 0.330 e. The smallest absolute Gasteiger partial charge is 0.330 e. The number of anilines is 2. The average molecular weight is 483 g/mol. The molecule has 0 spiro atoms. The van der Waals surface area contributed by atoms with Crippen molar-refractivity contribution in [1.82, 2.24) is 24.2 Å². The Labute approximate surface area is 200 Å². The van der Waals surface area contributed by atoms with Gasteiger partial charge in [0.05, 0.1) is 17.9 Å². The maximum atomic E-state index is 12.8. The van der Waals surface area contributed by atoms with Gasteiger partial charge >= 0.3 is 12.0 Å². The molecule has 2 fully saturated rings. The third-order valence-corrected chi connectivity index (χ3v) is 7.35. The molecule has 0 aromatic carbocycles. The molecule has 11 nitrogen and oxygen atoms in total. The van der Waals surface area contributed by atoms with Gasteiger partial charge < -0.3 is 24.3 Å². The number of pyridine rings is 1. The monoisotopic (exact) mass is 482 g/mol. The van der Waals surface area contributed by atoms with Crippen LogP contribution in [-0.2, 0) is 4.74 Å². The van der Waals surface area contributed by atoms with Crippen molar-refractivity contribution in [2.45, 2.75) is 18.9 Å². The molecule has 1 saturated heterocycles. The molecule has 0 bridgehead atoms. The van der Waals surface area contributed by atoms with E-state index in [1.165, 1.54) is 0 Å². The van der Waals surface area contributed by atoms with Gasteiger partial charge in [-0.15, -0.1) is 4.37 Å². The lowest BCUT2D eigenvalue weighted by Crippen LogP contribution is -2.36. The number of nitrogens with zero attached hydrogens (tertiary/aromatic N) is 6. The number of aromatic amines is 1. The van der Waals surface area contributed by atoms with E-state index in [2.05, 4.69) is 42.7 Å². The van der Waals surface area contributed by atoms with Gasteiger partial charge in [0.25, 0.3) is 0 Å². The predicted molar refractivity (Wildman–Crippen MR) is 127 cm³/mol. The number of hydrogen-bond acceptors (Lipinski definition) is 9. The number of urea groups is 1. The Balaban J connectivity index is 1.19. The van der Waals surface area contributed by atoms with Crippen molar-refractivity contribution >= 4 is 39.4 Å². The van der Waals surface area contributed by atoms with Crippen molar-refractivity contribution in [3.05, 3.63) is 24.0 Å².